The molecule has 0 amide bonds. The van der Waals surface area contributed by atoms with Gasteiger partial charge in [0.25, 0.3) is 0 Å². The van der Waals surface area contributed by atoms with Crippen molar-refractivity contribution >= 4 is 0 Å². The molecule has 0 aromatic carbocycles. The maximum Gasteiger partial charge on any atom is 0.00982 e. The van der Waals surface area contributed by atoms with Gasteiger partial charge < -0.3 is 10.6 Å². The Hall–Kier alpha value is -0.520. The van der Waals surface area contributed by atoms with E-state index in [-0.39, 0.29) is 0 Å². The van der Waals surface area contributed by atoms with Crippen molar-refractivity contribution in [2.75, 3.05) is 20.1 Å². The molecule has 0 fully saturated rings. The van der Waals surface area contributed by atoms with Gasteiger partial charge in [-0.2, -0.15) is 0 Å². The fourth-order valence-corrected chi connectivity index (χ4v) is 1.27. The predicted octanol–water partition coefficient (Wildman–Crippen LogP) is 1.71. The number of nitrogens with zero attached hydrogens (tertiary/aromatic N) is 1. The van der Waals surface area contributed by atoms with Crippen LogP contribution in [-0.4, -0.2) is 31.1 Å². The van der Waals surface area contributed by atoms with Crippen LogP contribution in [-0.2, 0) is 0 Å². The largest absolute Gasteiger partial charge is 0.327 e. The second-order valence-electron chi connectivity index (χ2n) is 4.31. The van der Waals surface area contributed by atoms with Gasteiger partial charge in [-0.15, -0.1) is 12.3 Å². The van der Waals surface area contributed by atoms with Gasteiger partial charge in [0.1, 0.15) is 0 Å². The van der Waals surface area contributed by atoms with E-state index in [0.29, 0.717) is 12.0 Å². The number of nitrogens with two attached hydrogens (primary N) is 1. The summed E-state index contributed by atoms with van der Waals surface area (Å²) in [6.45, 7) is 6.49. The summed E-state index contributed by atoms with van der Waals surface area (Å²) in [5, 5.41) is 0. The lowest BCUT2D eigenvalue weighted by Crippen LogP contribution is -2.32. The Labute approximate surface area is 88.9 Å². The first-order valence-electron chi connectivity index (χ1n) is 5.45. The van der Waals surface area contributed by atoms with Gasteiger partial charge in [0.2, 0.25) is 0 Å². The van der Waals surface area contributed by atoms with Crippen LogP contribution in [0.5, 0.6) is 0 Å². The molecule has 2 heteroatoms. The molecule has 0 aliphatic rings. The van der Waals surface area contributed by atoms with Crippen LogP contribution in [0.25, 0.3) is 0 Å². The van der Waals surface area contributed by atoms with Gasteiger partial charge in [0.15, 0.2) is 0 Å². The third kappa shape index (κ3) is 6.94. The maximum absolute atomic E-state index is 5.96. The summed E-state index contributed by atoms with van der Waals surface area (Å²) in [5.74, 6) is 3.23. The van der Waals surface area contributed by atoms with Gasteiger partial charge in [-0.1, -0.05) is 13.8 Å². The zero-order valence-electron chi connectivity index (χ0n) is 9.79. The molecule has 2 nitrogen and oxygen atoms in total. The van der Waals surface area contributed by atoms with Crippen molar-refractivity contribution in [2.45, 2.75) is 39.2 Å². The number of hydrogen-bond donors (Lipinski definition) is 1. The molecule has 0 heterocycles. The van der Waals surface area contributed by atoms with Crippen molar-refractivity contribution < 1.29 is 0 Å². The summed E-state index contributed by atoms with van der Waals surface area (Å²) in [5.41, 5.74) is 5.96. The molecular weight excluding hydrogens is 172 g/mol. The predicted molar refractivity (Wildman–Crippen MR) is 63.0 cm³/mol. The summed E-state index contributed by atoms with van der Waals surface area (Å²) in [6.07, 6.45) is 8.22. The lowest BCUT2D eigenvalue weighted by molar-refractivity contribution is 0.301. The molecule has 0 aliphatic carbocycles. The van der Waals surface area contributed by atoms with Gasteiger partial charge in [-0.05, 0) is 38.9 Å². The molecule has 0 saturated carbocycles. The highest BCUT2D eigenvalue weighted by Gasteiger charge is 2.08. The average Bonchev–Trinajstić information content (AvgIpc) is 2.14. The molecule has 0 aliphatic heterocycles. The normalized spacial score (nSPS) is 13.2. The number of hydrogen-bond acceptors (Lipinski definition) is 2. The first kappa shape index (κ1) is 13.5. The third-order valence-electron chi connectivity index (χ3n) is 2.56. The minimum atomic E-state index is 0.324. The minimum Gasteiger partial charge on any atom is -0.327 e. The van der Waals surface area contributed by atoms with Crippen LogP contribution in [0.4, 0.5) is 0 Å². The van der Waals surface area contributed by atoms with Crippen molar-refractivity contribution in [2.24, 2.45) is 11.7 Å². The first-order valence-corrected chi connectivity index (χ1v) is 5.45. The number of unbranched alkanes of at least 4 members (excludes halogenated alkanes) is 1. The molecule has 0 spiro atoms. The minimum absolute atomic E-state index is 0.324. The van der Waals surface area contributed by atoms with E-state index in [4.69, 9.17) is 12.2 Å². The van der Waals surface area contributed by atoms with Crippen molar-refractivity contribution in [1.82, 2.24) is 4.90 Å². The van der Waals surface area contributed by atoms with Crippen LogP contribution in [0.3, 0.4) is 0 Å². The van der Waals surface area contributed by atoms with Crippen molar-refractivity contribution in [1.29, 1.82) is 0 Å². The Morgan fingerprint density at radius 1 is 1.36 bits per heavy atom. The lowest BCUT2D eigenvalue weighted by atomic mass is 10.0. The number of terminal acetylenes is 1. The van der Waals surface area contributed by atoms with Gasteiger partial charge in [-0.25, -0.2) is 0 Å². The van der Waals surface area contributed by atoms with Crippen LogP contribution in [0.1, 0.15) is 33.1 Å². The lowest BCUT2D eigenvalue weighted by Gasteiger charge is -2.20. The van der Waals surface area contributed by atoms with E-state index in [1.54, 1.807) is 0 Å². The molecule has 82 valence electrons. The summed E-state index contributed by atoms with van der Waals surface area (Å²) < 4.78 is 0. The standard InChI is InChI=1S/C12H24N2/c1-5-6-7-9-14(4)10-8-12(13)11(2)3/h1,11-12H,6-10,13H2,2-4H3. The van der Waals surface area contributed by atoms with Crippen LogP contribution >= 0.6 is 0 Å². The molecule has 0 bridgehead atoms. The molecule has 0 aromatic rings. The molecule has 0 aromatic heterocycles. The Morgan fingerprint density at radius 3 is 2.50 bits per heavy atom. The Balaban J connectivity index is 3.44. The summed E-state index contributed by atoms with van der Waals surface area (Å²) in [7, 11) is 2.13. The second kappa shape index (κ2) is 7.84. The fourth-order valence-electron chi connectivity index (χ4n) is 1.27. The third-order valence-corrected chi connectivity index (χ3v) is 2.56. The Bertz CT molecular complexity index is 170. The van der Waals surface area contributed by atoms with Crippen molar-refractivity contribution in [3.8, 4) is 12.3 Å². The monoisotopic (exact) mass is 196 g/mol. The van der Waals surface area contributed by atoms with Crippen molar-refractivity contribution in [3.63, 3.8) is 0 Å². The van der Waals surface area contributed by atoms with Crippen LogP contribution in [0.15, 0.2) is 0 Å². The van der Waals surface area contributed by atoms with Crippen LogP contribution in [0.2, 0.25) is 0 Å². The van der Waals surface area contributed by atoms with Crippen LogP contribution in [0, 0.1) is 18.3 Å². The maximum atomic E-state index is 5.96. The van der Waals surface area contributed by atoms with Crippen LogP contribution < -0.4 is 5.73 Å². The fraction of sp³-hybridized carbons (Fsp3) is 0.833. The van der Waals surface area contributed by atoms with Gasteiger partial charge in [-0.3, -0.25) is 0 Å². The number of rotatable bonds is 7. The molecular formula is C12H24N2. The molecule has 1 unspecified atom stereocenters. The smallest absolute Gasteiger partial charge is 0.00982 e. The van der Waals surface area contributed by atoms with E-state index in [0.717, 1.165) is 32.4 Å². The van der Waals surface area contributed by atoms with E-state index < -0.39 is 0 Å². The zero-order valence-corrected chi connectivity index (χ0v) is 9.79. The highest BCUT2D eigenvalue weighted by atomic mass is 15.1. The molecule has 0 rings (SSSR count). The SMILES string of the molecule is C#CCCCN(C)CCC(N)C(C)C. The van der Waals surface area contributed by atoms with E-state index in [9.17, 15) is 0 Å². The van der Waals surface area contributed by atoms with Gasteiger partial charge >= 0.3 is 0 Å². The summed E-state index contributed by atoms with van der Waals surface area (Å²) >= 11 is 0. The molecule has 0 saturated heterocycles. The Morgan fingerprint density at radius 2 is 2.00 bits per heavy atom. The molecule has 1 atom stereocenters. The van der Waals surface area contributed by atoms with E-state index >= 15 is 0 Å². The molecule has 0 radical (unpaired) electrons. The Kier molecular flexibility index (Phi) is 7.55. The van der Waals surface area contributed by atoms with E-state index in [2.05, 4.69) is 31.7 Å². The highest BCUT2D eigenvalue weighted by molar-refractivity contribution is 4.83. The quantitative estimate of drug-likeness (QED) is 0.496. The van der Waals surface area contributed by atoms with Gasteiger partial charge in [0.05, 0.1) is 0 Å². The summed E-state index contributed by atoms with van der Waals surface area (Å²) in [4.78, 5) is 2.31. The topological polar surface area (TPSA) is 29.3 Å². The first-order chi connectivity index (χ1) is 6.57. The van der Waals surface area contributed by atoms with Crippen molar-refractivity contribution in [3.05, 3.63) is 0 Å². The highest BCUT2D eigenvalue weighted by Crippen LogP contribution is 2.03. The average molecular weight is 196 g/mol. The molecule has 2 N–H and O–H groups in total. The van der Waals surface area contributed by atoms with Gasteiger partial charge in [0, 0.05) is 12.5 Å². The second-order valence-corrected chi connectivity index (χ2v) is 4.31. The van der Waals surface area contributed by atoms with E-state index in [1.165, 1.54) is 0 Å². The zero-order chi connectivity index (χ0) is 11.0. The van der Waals surface area contributed by atoms with E-state index in [1.807, 2.05) is 0 Å². The summed E-state index contributed by atoms with van der Waals surface area (Å²) in [6, 6.07) is 0.324. The molecule has 14 heavy (non-hydrogen) atoms.